The van der Waals surface area contributed by atoms with E-state index in [9.17, 15) is 0 Å². The van der Waals surface area contributed by atoms with E-state index in [1.165, 1.54) is 0 Å². The molecule has 0 aliphatic carbocycles. The van der Waals surface area contributed by atoms with Gasteiger partial charge in [0.05, 0.1) is 0 Å². The molecule has 0 aliphatic rings. The molecule has 0 spiro atoms. The highest BCUT2D eigenvalue weighted by atomic mass is 32.2. The van der Waals surface area contributed by atoms with Gasteiger partial charge < -0.3 is 0 Å². The van der Waals surface area contributed by atoms with Crippen LogP contribution >= 0.6 is 11.8 Å². The summed E-state index contributed by atoms with van der Waals surface area (Å²) in [5.74, 6) is 0. The molecule has 4 heteroatoms. The number of rotatable bonds is 1. The zero-order chi connectivity index (χ0) is 7.68. The molecule has 2 aromatic rings. The fraction of sp³-hybridized carbons (Fsp3) is 0.143. The average Bonchev–Trinajstić information content (AvgIpc) is 2.50. The number of aromatic nitrogens is 3. The van der Waals surface area contributed by atoms with E-state index in [4.69, 9.17) is 0 Å². The van der Waals surface area contributed by atoms with Crippen LogP contribution in [-0.4, -0.2) is 20.9 Å². The number of fused-ring (bicyclic) bond motifs is 1. The molecule has 2 rings (SSSR count). The zero-order valence-electron chi connectivity index (χ0n) is 6.06. The molecule has 0 radical (unpaired) electrons. The number of hydrogen-bond acceptors (Lipinski definition) is 3. The van der Waals surface area contributed by atoms with E-state index in [0.717, 1.165) is 10.7 Å². The van der Waals surface area contributed by atoms with E-state index in [1.54, 1.807) is 22.5 Å². The molecular weight excluding hydrogens is 158 g/mol. The van der Waals surface area contributed by atoms with Crippen LogP contribution in [0.2, 0.25) is 0 Å². The van der Waals surface area contributed by atoms with Crippen LogP contribution in [0.3, 0.4) is 0 Å². The Hall–Kier alpha value is -1.03. The topological polar surface area (TPSA) is 30.2 Å². The largest absolute Gasteiger partial charge is 0.236 e. The van der Waals surface area contributed by atoms with Gasteiger partial charge in [-0.25, -0.2) is 9.50 Å². The second-order valence-corrected chi connectivity index (χ2v) is 2.93. The molecule has 0 saturated carbocycles. The van der Waals surface area contributed by atoms with Crippen molar-refractivity contribution in [2.45, 2.75) is 5.03 Å². The van der Waals surface area contributed by atoms with Gasteiger partial charge in [0.25, 0.3) is 0 Å². The molecule has 56 valence electrons. The van der Waals surface area contributed by atoms with E-state index in [-0.39, 0.29) is 0 Å². The lowest BCUT2D eigenvalue weighted by Crippen LogP contribution is -1.90. The lowest BCUT2D eigenvalue weighted by Gasteiger charge is -1.94. The molecule has 11 heavy (non-hydrogen) atoms. The van der Waals surface area contributed by atoms with Crippen molar-refractivity contribution in [1.29, 1.82) is 0 Å². The number of nitrogens with zero attached hydrogens (tertiary/aromatic N) is 3. The number of thioether (sulfide) groups is 1. The quantitative estimate of drug-likeness (QED) is 0.599. The first-order valence-electron chi connectivity index (χ1n) is 3.24. The van der Waals surface area contributed by atoms with Crippen LogP contribution in [-0.2, 0) is 0 Å². The first-order chi connectivity index (χ1) is 5.40. The van der Waals surface area contributed by atoms with Gasteiger partial charge in [0.1, 0.15) is 5.03 Å². The maximum atomic E-state index is 4.27. The smallest absolute Gasteiger partial charge is 0.153 e. The second-order valence-electron chi connectivity index (χ2n) is 2.11. The van der Waals surface area contributed by atoms with Crippen molar-refractivity contribution in [3.8, 4) is 0 Å². The summed E-state index contributed by atoms with van der Waals surface area (Å²) in [5.41, 5.74) is 0.891. The molecule has 0 atom stereocenters. The summed E-state index contributed by atoms with van der Waals surface area (Å²) in [5, 5.41) is 5.28. The Balaban J connectivity index is 2.67. The van der Waals surface area contributed by atoms with Gasteiger partial charge >= 0.3 is 0 Å². The molecule has 2 aromatic heterocycles. The molecule has 0 aromatic carbocycles. The highest BCUT2D eigenvalue weighted by molar-refractivity contribution is 7.98. The Kier molecular flexibility index (Phi) is 1.54. The van der Waals surface area contributed by atoms with Crippen molar-refractivity contribution in [2.75, 3.05) is 6.26 Å². The van der Waals surface area contributed by atoms with Gasteiger partial charge in [-0.05, 0) is 18.4 Å². The van der Waals surface area contributed by atoms with Crippen molar-refractivity contribution in [1.82, 2.24) is 14.6 Å². The molecule has 0 bridgehead atoms. The standard InChI is InChI=1S/C7H7N3S/c1-11-7-3-2-6-8-4-5-10(6)9-7/h2-5H,1H3. The Bertz CT molecular complexity index is 368. The zero-order valence-corrected chi connectivity index (χ0v) is 6.88. The third kappa shape index (κ3) is 1.09. The molecule has 0 amide bonds. The molecule has 0 fully saturated rings. The van der Waals surface area contributed by atoms with Crippen LogP contribution in [0.5, 0.6) is 0 Å². The fourth-order valence-electron chi connectivity index (χ4n) is 0.907. The van der Waals surface area contributed by atoms with E-state index in [0.29, 0.717) is 0 Å². The number of imidazole rings is 1. The van der Waals surface area contributed by atoms with Crippen LogP contribution in [0.1, 0.15) is 0 Å². The van der Waals surface area contributed by atoms with Gasteiger partial charge in [0.15, 0.2) is 5.65 Å². The minimum atomic E-state index is 0.891. The van der Waals surface area contributed by atoms with Gasteiger partial charge in [-0.1, -0.05) is 0 Å². The lowest BCUT2D eigenvalue weighted by molar-refractivity contribution is 0.860. The van der Waals surface area contributed by atoms with Crippen LogP contribution < -0.4 is 0 Å². The second kappa shape index (κ2) is 2.54. The summed E-state index contributed by atoms with van der Waals surface area (Å²) in [6.07, 6.45) is 5.59. The molecule has 0 saturated heterocycles. The van der Waals surface area contributed by atoms with E-state index in [2.05, 4.69) is 10.1 Å². The van der Waals surface area contributed by atoms with Crippen LogP contribution in [0.15, 0.2) is 29.6 Å². The SMILES string of the molecule is CSc1ccc2nccn2n1. The Morgan fingerprint density at radius 2 is 2.36 bits per heavy atom. The summed E-state index contributed by atoms with van der Waals surface area (Å²) < 4.78 is 1.77. The average molecular weight is 165 g/mol. The Morgan fingerprint density at radius 1 is 1.45 bits per heavy atom. The van der Waals surface area contributed by atoms with E-state index in [1.807, 2.05) is 24.6 Å². The predicted octanol–water partition coefficient (Wildman–Crippen LogP) is 1.45. The van der Waals surface area contributed by atoms with Crippen molar-refractivity contribution in [2.24, 2.45) is 0 Å². The normalized spacial score (nSPS) is 10.6. The molecule has 2 heterocycles. The lowest BCUT2D eigenvalue weighted by atomic mass is 10.6. The maximum Gasteiger partial charge on any atom is 0.153 e. The predicted molar refractivity (Wildman–Crippen MR) is 44.8 cm³/mol. The van der Waals surface area contributed by atoms with Gasteiger partial charge in [-0.2, -0.15) is 5.10 Å². The third-order valence-electron chi connectivity index (χ3n) is 1.44. The summed E-state index contributed by atoms with van der Waals surface area (Å²) in [6.45, 7) is 0. The van der Waals surface area contributed by atoms with Crippen molar-refractivity contribution in [3.05, 3.63) is 24.5 Å². The van der Waals surface area contributed by atoms with Gasteiger partial charge in [-0.3, -0.25) is 0 Å². The molecule has 0 unspecified atom stereocenters. The minimum absolute atomic E-state index is 0.891. The summed E-state index contributed by atoms with van der Waals surface area (Å²) in [4.78, 5) is 4.09. The van der Waals surface area contributed by atoms with Gasteiger partial charge in [-0.15, -0.1) is 11.8 Å². The van der Waals surface area contributed by atoms with Crippen molar-refractivity contribution >= 4 is 17.4 Å². The van der Waals surface area contributed by atoms with E-state index < -0.39 is 0 Å². The first kappa shape index (κ1) is 6.67. The monoisotopic (exact) mass is 165 g/mol. The Labute approximate surface area is 68.4 Å². The van der Waals surface area contributed by atoms with Crippen LogP contribution in [0.25, 0.3) is 5.65 Å². The minimum Gasteiger partial charge on any atom is -0.236 e. The molecule has 0 N–H and O–H groups in total. The highest BCUT2D eigenvalue weighted by Gasteiger charge is 1.94. The van der Waals surface area contributed by atoms with Crippen molar-refractivity contribution in [3.63, 3.8) is 0 Å². The summed E-state index contributed by atoms with van der Waals surface area (Å²) in [7, 11) is 0. The molecular formula is C7H7N3S. The van der Waals surface area contributed by atoms with E-state index >= 15 is 0 Å². The van der Waals surface area contributed by atoms with Crippen LogP contribution in [0.4, 0.5) is 0 Å². The van der Waals surface area contributed by atoms with Crippen LogP contribution in [0, 0.1) is 0 Å². The Morgan fingerprint density at radius 3 is 3.18 bits per heavy atom. The molecule has 3 nitrogen and oxygen atoms in total. The first-order valence-corrected chi connectivity index (χ1v) is 4.47. The highest BCUT2D eigenvalue weighted by Crippen LogP contribution is 2.10. The van der Waals surface area contributed by atoms with Crippen molar-refractivity contribution < 1.29 is 0 Å². The summed E-state index contributed by atoms with van der Waals surface area (Å²) >= 11 is 1.63. The summed E-state index contributed by atoms with van der Waals surface area (Å²) in [6, 6.07) is 3.92. The number of hydrogen-bond donors (Lipinski definition) is 0. The maximum absolute atomic E-state index is 4.27. The molecule has 0 aliphatic heterocycles. The third-order valence-corrected chi connectivity index (χ3v) is 2.08. The van der Waals surface area contributed by atoms with Gasteiger partial charge in [0.2, 0.25) is 0 Å². The fourth-order valence-corrected chi connectivity index (χ4v) is 1.28. The van der Waals surface area contributed by atoms with Gasteiger partial charge in [0, 0.05) is 12.4 Å².